The molecule has 0 saturated carbocycles. The lowest BCUT2D eigenvalue weighted by atomic mass is 10.1. The predicted molar refractivity (Wildman–Crippen MR) is 71.4 cm³/mol. The quantitative estimate of drug-likeness (QED) is 0.831. The van der Waals surface area contributed by atoms with Gasteiger partial charge in [0.1, 0.15) is 0 Å². The standard InChI is InChI=1S/C14H20N2O2/c1-2-18-13-6-8-16(9-7-13)14(17)11-4-3-5-12(15)10-11/h3-5,10,13H,2,6-9,15H2,1H3. The number of likely N-dealkylation sites (tertiary alicyclic amines) is 1. The molecule has 0 aromatic heterocycles. The normalized spacial score (nSPS) is 16.8. The number of hydrogen-bond donors (Lipinski definition) is 1. The van der Waals surface area contributed by atoms with Gasteiger partial charge in [0.2, 0.25) is 0 Å². The first-order chi connectivity index (χ1) is 8.70. The lowest BCUT2D eigenvalue weighted by Gasteiger charge is -2.31. The smallest absolute Gasteiger partial charge is 0.253 e. The molecule has 1 saturated heterocycles. The molecule has 4 nitrogen and oxygen atoms in total. The van der Waals surface area contributed by atoms with Gasteiger partial charge in [-0.2, -0.15) is 0 Å². The Hall–Kier alpha value is -1.55. The third-order valence-electron chi connectivity index (χ3n) is 3.27. The molecule has 1 aliphatic heterocycles. The van der Waals surface area contributed by atoms with Gasteiger partial charge in [-0.1, -0.05) is 6.07 Å². The molecular weight excluding hydrogens is 228 g/mol. The van der Waals surface area contributed by atoms with Crippen molar-refractivity contribution in [2.45, 2.75) is 25.9 Å². The van der Waals surface area contributed by atoms with Crippen LogP contribution in [0, 0.1) is 0 Å². The molecule has 0 aliphatic carbocycles. The van der Waals surface area contributed by atoms with Crippen molar-refractivity contribution in [2.75, 3.05) is 25.4 Å². The fourth-order valence-electron chi connectivity index (χ4n) is 2.32. The van der Waals surface area contributed by atoms with E-state index >= 15 is 0 Å². The highest BCUT2D eigenvalue weighted by Gasteiger charge is 2.23. The number of carbonyl (C=O) groups is 1. The van der Waals surface area contributed by atoms with Crippen LogP contribution in [-0.4, -0.2) is 36.6 Å². The molecule has 2 N–H and O–H groups in total. The highest BCUT2D eigenvalue weighted by atomic mass is 16.5. The van der Waals surface area contributed by atoms with E-state index in [2.05, 4.69) is 0 Å². The molecule has 1 aromatic rings. The second kappa shape index (κ2) is 5.87. The second-order valence-electron chi connectivity index (χ2n) is 4.57. The van der Waals surface area contributed by atoms with Crippen LogP contribution in [0.15, 0.2) is 24.3 Å². The van der Waals surface area contributed by atoms with Crippen LogP contribution >= 0.6 is 0 Å². The van der Waals surface area contributed by atoms with Gasteiger partial charge in [0.25, 0.3) is 5.91 Å². The number of nitrogens with zero attached hydrogens (tertiary/aromatic N) is 1. The largest absolute Gasteiger partial charge is 0.399 e. The number of nitrogens with two attached hydrogens (primary N) is 1. The molecule has 0 radical (unpaired) electrons. The van der Waals surface area contributed by atoms with Crippen LogP contribution in [0.4, 0.5) is 5.69 Å². The Kier molecular flexibility index (Phi) is 4.20. The van der Waals surface area contributed by atoms with Crippen molar-refractivity contribution in [1.29, 1.82) is 0 Å². The fraction of sp³-hybridized carbons (Fsp3) is 0.500. The summed E-state index contributed by atoms with van der Waals surface area (Å²) in [7, 11) is 0. The number of piperidine rings is 1. The van der Waals surface area contributed by atoms with Crippen molar-refractivity contribution in [3.05, 3.63) is 29.8 Å². The molecule has 18 heavy (non-hydrogen) atoms. The molecule has 98 valence electrons. The van der Waals surface area contributed by atoms with Crippen molar-refractivity contribution in [1.82, 2.24) is 4.90 Å². The van der Waals surface area contributed by atoms with Crippen molar-refractivity contribution in [2.24, 2.45) is 0 Å². The van der Waals surface area contributed by atoms with Crippen LogP contribution in [0.2, 0.25) is 0 Å². The number of nitrogen functional groups attached to an aromatic ring is 1. The minimum atomic E-state index is 0.0669. The highest BCUT2D eigenvalue weighted by molar-refractivity contribution is 5.95. The zero-order valence-corrected chi connectivity index (χ0v) is 10.8. The summed E-state index contributed by atoms with van der Waals surface area (Å²) in [5.74, 6) is 0.0669. The van der Waals surface area contributed by atoms with Crippen molar-refractivity contribution in [3.63, 3.8) is 0 Å². The molecule has 0 atom stereocenters. The van der Waals surface area contributed by atoms with Gasteiger partial charge in [0, 0.05) is 30.9 Å². The first kappa shape index (κ1) is 12.9. The van der Waals surface area contributed by atoms with E-state index in [1.807, 2.05) is 24.0 Å². The zero-order valence-electron chi connectivity index (χ0n) is 10.8. The van der Waals surface area contributed by atoms with Gasteiger partial charge >= 0.3 is 0 Å². The number of ether oxygens (including phenoxy) is 1. The van der Waals surface area contributed by atoms with Crippen LogP contribution in [0.3, 0.4) is 0 Å². The summed E-state index contributed by atoms with van der Waals surface area (Å²) < 4.78 is 5.58. The minimum Gasteiger partial charge on any atom is -0.399 e. The summed E-state index contributed by atoms with van der Waals surface area (Å²) in [6, 6.07) is 7.15. The minimum absolute atomic E-state index is 0.0669. The average molecular weight is 248 g/mol. The predicted octanol–water partition coefficient (Wildman–Crippen LogP) is 1.91. The van der Waals surface area contributed by atoms with E-state index in [4.69, 9.17) is 10.5 Å². The Balaban J connectivity index is 1.95. The molecule has 4 heteroatoms. The summed E-state index contributed by atoms with van der Waals surface area (Å²) in [5, 5.41) is 0. The maximum Gasteiger partial charge on any atom is 0.253 e. The number of anilines is 1. The Morgan fingerprint density at radius 3 is 2.78 bits per heavy atom. The van der Waals surface area contributed by atoms with E-state index < -0.39 is 0 Å². The molecule has 1 aliphatic rings. The van der Waals surface area contributed by atoms with Crippen LogP contribution in [0.5, 0.6) is 0 Å². The Bertz CT molecular complexity index is 412. The van der Waals surface area contributed by atoms with Gasteiger partial charge in [-0.05, 0) is 38.0 Å². The first-order valence-electron chi connectivity index (χ1n) is 6.47. The Labute approximate surface area is 108 Å². The Morgan fingerprint density at radius 2 is 2.17 bits per heavy atom. The van der Waals surface area contributed by atoms with Crippen LogP contribution < -0.4 is 5.73 Å². The SMILES string of the molecule is CCOC1CCN(C(=O)c2cccc(N)c2)CC1. The van der Waals surface area contributed by atoms with Gasteiger partial charge in [-0.15, -0.1) is 0 Å². The molecule has 1 amide bonds. The van der Waals surface area contributed by atoms with Crippen LogP contribution in [-0.2, 0) is 4.74 Å². The average Bonchev–Trinajstić information content (AvgIpc) is 2.39. The van der Waals surface area contributed by atoms with Gasteiger partial charge in [0.05, 0.1) is 6.10 Å². The zero-order chi connectivity index (χ0) is 13.0. The maximum atomic E-state index is 12.2. The van der Waals surface area contributed by atoms with Crippen LogP contribution in [0.25, 0.3) is 0 Å². The third kappa shape index (κ3) is 3.01. The van der Waals surface area contributed by atoms with Crippen molar-refractivity contribution in [3.8, 4) is 0 Å². The molecule has 0 bridgehead atoms. The number of rotatable bonds is 3. The van der Waals surface area contributed by atoms with E-state index in [1.165, 1.54) is 0 Å². The van der Waals surface area contributed by atoms with E-state index in [-0.39, 0.29) is 5.91 Å². The van der Waals surface area contributed by atoms with Crippen LogP contribution in [0.1, 0.15) is 30.1 Å². The highest BCUT2D eigenvalue weighted by Crippen LogP contribution is 2.17. The Morgan fingerprint density at radius 1 is 1.44 bits per heavy atom. The van der Waals surface area contributed by atoms with E-state index in [9.17, 15) is 4.79 Å². The van der Waals surface area contributed by atoms with E-state index in [1.54, 1.807) is 12.1 Å². The second-order valence-corrected chi connectivity index (χ2v) is 4.57. The van der Waals surface area contributed by atoms with Gasteiger partial charge in [0.15, 0.2) is 0 Å². The summed E-state index contributed by atoms with van der Waals surface area (Å²) >= 11 is 0. The number of amides is 1. The van der Waals surface area contributed by atoms with Gasteiger partial charge in [-0.3, -0.25) is 4.79 Å². The molecule has 1 aromatic carbocycles. The maximum absolute atomic E-state index is 12.2. The molecular formula is C14H20N2O2. The van der Waals surface area contributed by atoms with E-state index in [0.717, 1.165) is 32.5 Å². The summed E-state index contributed by atoms with van der Waals surface area (Å²) in [6.45, 7) is 4.27. The first-order valence-corrected chi connectivity index (χ1v) is 6.47. The van der Waals surface area contributed by atoms with Gasteiger partial charge in [-0.25, -0.2) is 0 Å². The van der Waals surface area contributed by atoms with Crippen molar-refractivity contribution >= 4 is 11.6 Å². The summed E-state index contributed by atoms with van der Waals surface area (Å²) in [5.41, 5.74) is 7.00. The number of carbonyl (C=O) groups excluding carboxylic acids is 1. The monoisotopic (exact) mass is 248 g/mol. The lowest BCUT2D eigenvalue weighted by molar-refractivity contribution is 0.0146. The molecule has 0 unspecified atom stereocenters. The van der Waals surface area contributed by atoms with E-state index in [0.29, 0.717) is 17.4 Å². The summed E-state index contributed by atoms with van der Waals surface area (Å²) in [6.07, 6.45) is 2.14. The lowest BCUT2D eigenvalue weighted by Crippen LogP contribution is -2.40. The molecule has 1 heterocycles. The third-order valence-corrected chi connectivity index (χ3v) is 3.27. The number of hydrogen-bond acceptors (Lipinski definition) is 3. The molecule has 0 spiro atoms. The number of benzene rings is 1. The van der Waals surface area contributed by atoms with Crippen molar-refractivity contribution < 1.29 is 9.53 Å². The fourth-order valence-corrected chi connectivity index (χ4v) is 2.32. The molecule has 1 fully saturated rings. The van der Waals surface area contributed by atoms with Gasteiger partial charge < -0.3 is 15.4 Å². The topological polar surface area (TPSA) is 55.6 Å². The summed E-state index contributed by atoms with van der Waals surface area (Å²) in [4.78, 5) is 14.1. The molecule has 2 rings (SSSR count).